The Bertz CT molecular complexity index is 1110. The van der Waals surface area contributed by atoms with Crippen molar-refractivity contribution in [3.8, 4) is 5.75 Å². The van der Waals surface area contributed by atoms with Crippen molar-refractivity contribution < 1.29 is 14.3 Å². The molecule has 0 fully saturated rings. The fourth-order valence-corrected chi connectivity index (χ4v) is 3.93. The van der Waals surface area contributed by atoms with E-state index in [-0.39, 0.29) is 24.8 Å². The van der Waals surface area contributed by atoms with Gasteiger partial charge >= 0.3 is 0 Å². The standard InChI is InChI=1S/C26H26Cl2N2O3/c1-29-26(32)24(15-18-7-4-3-5-8-18)30(17-20-9-6-10-21(13-20)33-2)25(31)16-19-11-12-22(27)23(28)14-19/h3-14,24H,15-17H2,1-2H3,(H,29,32)/t24-/m0/s1. The predicted molar refractivity (Wildman–Crippen MR) is 132 cm³/mol. The minimum absolute atomic E-state index is 0.0864. The monoisotopic (exact) mass is 484 g/mol. The van der Waals surface area contributed by atoms with E-state index in [1.54, 1.807) is 37.3 Å². The molecule has 0 unspecified atom stereocenters. The van der Waals surface area contributed by atoms with Gasteiger partial charge in [-0.15, -0.1) is 0 Å². The lowest BCUT2D eigenvalue weighted by Gasteiger charge is -2.31. The van der Waals surface area contributed by atoms with Crippen molar-refractivity contribution in [1.82, 2.24) is 10.2 Å². The van der Waals surface area contributed by atoms with Crippen molar-refractivity contribution in [2.24, 2.45) is 0 Å². The van der Waals surface area contributed by atoms with Crippen LogP contribution in [0.15, 0.2) is 72.8 Å². The van der Waals surface area contributed by atoms with Crippen LogP contribution in [0.5, 0.6) is 5.75 Å². The number of carbonyl (C=O) groups is 2. The summed E-state index contributed by atoms with van der Waals surface area (Å²) < 4.78 is 5.33. The molecule has 3 aromatic rings. The average molecular weight is 485 g/mol. The van der Waals surface area contributed by atoms with Gasteiger partial charge in [0.1, 0.15) is 11.8 Å². The summed E-state index contributed by atoms with van der Waals surface area (Å²) in [5.74, 6) is 0.258. The van der Waals surface area contributed by atoms with Crippen LogP contribution >= 0.6 is 23.2 Å². The molecular weight excluding hydrogens is 459 g/mol. The molecule has 0 spiro atoms. The van der Waals surface area contributed by atoms with Crippen LogP contribution < -0.4 is 10.1 Å². The molecule has 0 aliphatic carbocycles. The SMILES string of the molecule is CNC(=O)[C@H](Cc1ccccc1)N(Cc1cccc(OC)c1)C(=O)Cc1ccc(Cl)c(Cl)c1. The molecule has 3 rings (SSSR count). The van der Waals surface area contributed by atoms with E-state index in [4.69, 9.17) is 27.9 Å². The third-order valence-corrected chi connectivity index (χ3v) is 6.08. The van der Waals surface area contributed by atoms with Gasteiger partial charge in [0.05, 0.1) is 23.6 Å². The summed E-state index contributed by atoms with van der Waals surface area (Å²) in [7, 11) is 3.17. The van der Waals surface area contributed by atoms with Gasteiger partial charge in [0.25, 0.3) is 0 Å². The zero-order chi connectivity index (χ0) is 23.8. The molecule has 0 bridgehead atoms. The first-order valence-electron chi connectivity index (χ1n) is 10.5. The molecule has 3 aromatic carbocycles. The summed E-state index contributed by atoms with van der Waals surface area (Å²) in [5, 5.41) is 3.52. The van der Waals surface area contributed by atoms with Crippen molar-refractivity contribution in [1.29, 1.82) is 0 Å². The van der Waals surface area contributed by atoms with Crippen molar-refractivity contribution in [2.75, 3.05) is 14.2 Å². The highest BCUT2D eigenvalue weighted by Gasteiger charge is 2.30. The van der Waals surface area contributed by atoms with Gasteiger partial charge in [-0.1, -0.05) is 71.7 Å². The van der Waals surface area contributed by atoms with E-state index in [2.05, 4.69) is 5.32 Å². The number of hydrogen-bond donors (Lipinski definition) is 1. The molecule has 0 aliphatic heterocycles. The van der Waals surface area contributed by atoms with Crippen molar-refractivity contribution >= 4 is 35.0 Å². The fourth-order valence-electron chi connectivity index (χ4n) is 3.61. The number of carbonyl (C=O) groups excluding carboxylic acids is 2. The highest BCUT2D eigenvalue weighted by Crippen LogP contribution is 2.24. The van der Waals surface area contributed by atoms with Crippen LogP contribution in [0, 0.1) is 0 Å². The van der Waals surface area contributed by atoms with Gasteiger partial charge in [-0.2, -0.15) is 0 Å². The van der Waals surface area contributed by atoms with Crippen LogP contribution in [0.2, 0.25) is 10.0 Å². The van der Waals surface area contributed by atoms with Gasteiger partial charge < -0.3 is 15.0 Å². The Morgan fingerprint density at radius 3 is 2.30 bits per heavy atom. The molecule has 0 heterocycles. The normalized spacial score (nSPS) is 11.5. The van der Waals surface area contributed by atoms with Crippen LogP contribution in [0.25, 0.3) is 0 Å². The Morgan fingerprint density at radius 2 is 1.64 bits per heavy atom. The minimum atomic E-state index is -0.695. The summed E-state index contributed by atoms with van der Waals surface area (Å²) in [6, 6.07) is 21.5. The second-order valence-corrected chi connectivity index (χ2v) is 8.43. The maximum absolute atomic E-state index is 13.6. The van der Waals surface area contributed by atoms with Crippen LogP contribution in [0.3, 0.4) is 0 Å². The zero-order valence-electron chi connectivity index (χ0n) is 18.6. The molecule has 0 aliphatic rings. The predicted octanol–water partition coefficient (Wildman–Crippen LogP) is 4.93. The molecule has 33 heavy (non-hydrogen) atoms. The highest BCUT2D eigenvalue weighted by atomic mass is 35.5. The molecule has 5 nitrogen and oxygen atoms in total. The Kier molecular flexibility index (Phi) is 8.75. The van der Waals surface area contributed by atoms with E-state index >= 15 is 0 Å². The Labute approximate surface area is 204 Å². The molecule has 0 radical (unpaired) electrons. The van der Waals surface area contributed by atoms with Gasteiger partial charge in [0.15, 0.2) is 0 Å². The first-order valence-corrected chi connectivity index (χ1v) is 11.3. The second-order valence-electron chi connectivity index (χ2n) is 7.62. The van der Waals surface area contributed by atoms with Gasteiger partial charge in [0, 0.05) is 20.0 Å². The molecule has 172 valence electrons. The van der Waals surface area contributed by atoms with Gasteiger partial charge in [-0.25, -0.2) is 0 Å². The lowest BCUT2D eigenvalue weighted by Crippen LogP contribution is -2.50. The average Bonchev–Trinajstić information content (AvgIpc) is 2.83. The highest BCUT2D eigenvalue weighted by molar-refractivity contribution is 6.42. The number of amides is 2. The van der Waals surface area contributed by atoms with Crippen LogP contribution in [-0.2, 0) is 29.0 Å². The summed E-state index contributed by atoms with van der Waals surface area (Å²) >= 11 is 12.2. The second kappa shape index (κ2) is 11.7. The number of benzene rings is 3. The van der Waals surface area contributed by atoms with Crippen molar-refractivity contribution in [3.05, 3.63) is 99.5 Å². The Hall–Kier alpha value is -3.02. The number of ether oxygens (including phenoxy) is 1. The Balaban J connectivity index is 1.96. The zero-order valence-corrected chi connectivity index (χ0v) is 20.1. The lowest BCUT2D eigenvalue weighted by molar-refractivity contribution is -0.140. The van der Waals surface area contributed by atoms with E-state index in [0.29, 0.717) is 22.2 Å². The minimum Gasteiger partial charge on any atom is -0.497 e. The molecule has 0 saturated carbocycles. The maximum atomic E-state index is 13.6. The maximum Gasteiger partial charge on any atom is 0.242 e. The smallest absolute Gasteiger partial charge is 0.242 e. The summed E-state index contributed by atoms with van der Waals surface area (Å²) in [4.78, 5) is 28.1. The van der Waals surface area contributed by atoms with Gasteiger partial charge in [-0.3, -0.25) is 9.59 Å². The van der Waals surface area contributed by atoms with Crippen molar-refractivity contribution in [2.45, 2.75) is 25.4 Å². The topological polar surface area (TPSA) is 58.6 Å². The summed E-state index contributed by atoms with van der Waals surface area (Å²) in [5.41, 5.74) is 2.54. The molecule has 0 saturated heterocycles. The number of rotatable bonds is 9. The third kappa shape index (κ3) is 6.73. The fraction of sp³-hybridized carbons (Fsp3) is 0.231. The Morgan fingerprint density at radius 1 is 0.909 bits per heavy atom. The first kappa shape index (κ1) is 24.6. The van der Waals surface area contributed by atoms with E-state index < -0.39 is 6.04 Å². The molecule has 7 heteroatoms. The molecular formula is C26H26Cl2N2O3. The number of likely N-dealkylation sites (N-methyl/N-ethyl adjacent to an activating group) is 1. The molecule has 1 N–H and O–H groups in total. The van der Waals surface area contributed by atoms with Crippen molar-refractivity contribution in [3.63, 3.8) is 0 Å². The number of halogens is 2. The van der Waals surface area contributed by atoms with Crippen LogP contribution in [0.1, 0.15) is 16.7 Å². The van der Waals surface area contributed by atoms with E-state index in [0.717, 1.165) is 16.7 Å². The number of nitrogens with zero attached hydrogens (tertiary/aromatic N) is 1. The lowest BCUT2D eigenvalue weighted by atomic mass is 10.0. The summed E-state index contributed by atoms with van der Waals surface area (Å²) in [6.45, 7) is 0.252. The number of methoxy groups -OCH3 is 1. The first-order chi connectivity index (χ1) is 15.9. The van der Waals surface area contributed by atoms with Crippen LogP contribution in [0.4, 0.5) is 0 Å². The van der Waals surface area contributed by atoms with Gasteiger partial charge in [0.2, 0.25) is 11.8 Å². The molecule has 2 amide bonds. The van der Waals surface area contributed by atoms with E-state index in [1.807, 2.05) is 54.6 Å². The molecule has 1 atom stereocenters. The quantitative estimate of drug-likeness (QED) is 0.468. The largest absolute Gasteiger partial charge is 0.497 e. The third-order valence-electron chi connectivity index (χ3n) is 5.34. The number of hydrogen-bond acceptors (Lipinski definition) is 3. The molecule has 0 aromatic heterocycles. The van der Waals surface area contributed by atoms with Crippen LogP contribution in [-0.4, -0.2) is 36.9 Å². The summed E-state index contributed by atoms with van der Waals surface area (Å²) in [6.07, 6.45) is 0.473. The van der Waals surface area contributed by atoms with Gasteiger partial charge in [-0.05, 0) is 41.0 Å². The van der Waals surface area contributed by atoms with E-state index in [1.165, 1.54) is 0 Å². The van der Waals surface area contributed by atoms with E-state index in [9.17, 15) is 9.59 Å². The number of nitrogens with one attached hydrogen (secondary N) is 1.